The van der Waals surface area contributed by atoms with E-state index in [2.05, 4.69) is 27.4 Å². The lowest BCUT2D eigenvalue weighted by Crippen LogP contribution is -2.33. The highest BCUT2D eigenvalue weighted by Crippen LogP contribution is 2.21. The quantitative estimate of drug-likeness (QED) is 0.841. The molecule has 0 bridgehead atoms. The summed E-state index contributed by atoms with van der Waals surface area (Å²) in [5.74, 6) is 0.398. The van der Waals surface area contributed by atoms with E-state index in [0.29, 0.717) is 16.4 Å². The molecule has 7 heteroatoms. The highest BCUT2D eigenvalue weighted by atomic mass is 32.1. The molecular formula is C19H24N4O2S. The summed E-state index contributed by atoms with van der Waals surface area (Å²) in [6.07, 6.45) is 2.54. The van der Waals surface area contributed by atoms with E-state index in [-0.39, 0.29) is 11.8 Å². The smallest absolute Gasteiger partial charge is 0.257 e. The van der Waals surface area contributed by atoms with Gasteiger partial charge >= 0.3 is 0 Å². The molecule has 2 N–H and O–H groups in total. The first-order valence-electron chi connectivity index (χ1n) is 8.85. The Bertz CT molecular complexity index is 772. The van der Waals surface area contributed by atoms with Crippen LogP contribution in [0.15, 0.2) is 29.6 Å². The van der Waals surface area contributed by atoms with Crippen LogP contribution in [-0.4, -0.2) is 34.8 Å². The van der Waals surface area contributed by atoms with Gasteiger partial charge in [0.15, 0.2) is 5.13 Å². The monoisotopic (exact) mass is 372 g/mol. The number of rotatable bonds is 5. The molecule has 2 heterocycles. The fourth-order valence-corrected chi connectivity index (χ4v) is 3.87. The van der Waals surface area contributed by atoms with Crippen LogP contribution >= 0.6 is 11.3 Å². The average Bonchev–Trinajstić information content (AvgIpc) is 3.02. The van der Waals surface area contributed by atoms with Crippen LogP contribution in [0.4, 0.5) is 10.8 Å². The SMILES string of the molecule is CC(=O)Nc1ccc(C(=O)Nc2nc(CN3CCC[C@@H](C)C3)cs2)cc1. The topological polar surface area (TPSA) is 74.3 Å². The Morgan fingerprint density at radius 3 is 2.73 bits per heavy atom. The van der Waals surface area contributed by atoms with Crippen molar-refractivity contribution in [1.29, 1.82) is 0 Å². The van der Waals surface area contributed by atoms with E-state index in [4.69, 9.17) is 0 Å². The van der Waals surface area contributed by atoms with Crippen molar-refractivity contribution >= 4 is 34.0 Å². The minimum absolute atomic E-state index is 0.138. The maximum atomic E-state index is 12.3. The van der Waals surface area contributed by atoms with E-state index < -0.39 is 0 Å². The Morgan fingerprint density at radius 1 is 1.27 bits per heavy atom. The first-order valence-corrected chi connectivity index (χ1v) is 9.73. The van der Waals surface area contributed by atoms with Crippen LogP contribution in [-0.2, 0) is 11.3 Å². The van der Waals surface area contributed by atoms with Crippen molar-refractivity contribution in [1.82, 2.24) is 9.88 Å². The second-order valence-electron chi connectivity index (χ2n) is 6.84. The van der Waals surface area contributed by atoms with E-state index in [9.17, 15) is 9.59 Å². The van der Waals surface area contributed by atoms with Gasteiger partial charge < -0.3 is 5.32 Å². The lowest BCUT2D eigenvalue weighted by atomic mass is 10.0. The number of carbonyl (C=O) groups is 2. The highest BCUT2D eigenvalue weighted by molar-refractivity contribution is 7.13. The second kappa shape index (κ2) is 8.42. The van der Waals surface area contributed by atoms with Crippen LogP contribution in [0, 0.1) is 5.92 Å². The Morgan fingerprint density at radius 2 is 2.04 bits per heavy atom. The van der Waals surface area contributed by atoms with E-state index in [0.717, 1.165) is 31.2 Å². The summed E-state index contributed by atoms with van der Waals surface area (Å²) in [6.45, 7) is 6.80. The number of amides is 2. The fourth-order valence-electron chi connectivity index (χ4n) is 3.17. The molecule has 138 valence electrons. The van der Waals surface area contributed by atoms with Gasteiger partial charge in [-0.2, -0.15) is 0 Å². The van der Waals surface area contributed by atoms with Crippen molar-refractivity contribution in [3.8, 4) is 0 Å². The van der Waals surface area contributed by atoms with E-state index >= 15 is 0 Å². The number of piperidine rings is 1. The minimum Gasteiger partial charge on any atom is -0.326 e. The number of hydrogen-bond acceptors (Lipinski definition) is 5. The predicted molar refractivity (Wildman–Crippen MR) is 104 cm³/mol. The number of likely N-dealkylation sites (tertiary alicyclic amines) is 1. The largest absolute Gasteiger partial charge is 0.326 e. The molecule has 2 aromatic rings. The van der Waals surface area contributed by atoms with Crippen molar-refractivity contribution in [3.63, 3.8) is 0 Å². The number of nitrogens with one attached hydrogen (secondary N) is 2. The zero-order chi connectivity index (χ0) is 18.5. The molecule has 2 amide bonds. The predicted octanol–water partition coefficient (Wildman–Crippen LogP) is 3.59. The summed E-state index contributed by atoms with van der Waals surface area (Å²) in [5.41, 5.74) is 2.20. The van der Waals surface area contributed by atoms with Gasteiger partial charge in [-0.05, 0) is 49.6 Å². The molecular weight excluding hydrogens is 348 g/mol. The van der Waals surface area contributed by atoms with E-state index in [1.54, 1.807) is 24.3 Å². The van der Waals surface area contributed by atoms with Crippen LogP contribution in [0.1, 0.15) is 42.7 Å². The zero-order valence-electron chi connectivity index (χ0n) is 15.1. The molecule has 1 aliphatic rings. The number of anilines is 2. The van der Waals surface area contributed by atoms with Gasteiger partial charge in [0.05, 0.1) is 5.69 Å². The highest BCUT2D eigenvalue weighted by Gasteiger charge is 2.17. The molecule has 1 saturated heterocycles. The molecule has 0 radical (unpaired) electrons. The maximum absolute atomic E-state index is 12.3. The molecule has 0 spiro atoms. The van der Waals surface area contributed by atoms with Gasteiger partial charge in [-0.25, -0.2) is 4.98 Å². The number of benzene rings is 1. The number of nitrogens with zero attached hydrogens (tertiary/aromatic N) is 2. The van der Waals surface area contributed by atoms with Crippen molar-refractivity contribution in [3.05, 3.63) is 40.9 Å². The molecule has 0 aliphatic carbocycles. The Hall–Kier alpha value is -2.25. The summed E-state index contributed by atoms with van der Waals surface area (Å²) >= 11 is 1.45. The maximum Gasteiger partial charge on any atom is 0.257 e. The zero-order valence-corrected chi connectivity index (χ0v) is 15.9. The van der Waals surface area contributed by atoms with Gasteiger partial charge in [0.1, 0.15) is 0 Å². The first kappa shape index (κ1) is 18.5. The van der Waals surface area contributed by atoms with Crippen molar-refractivity contribution in [2.75, 3.05) is 23.7 Å². The normalized spacial score (nSPS) is 17.7. The summed E-state index contributed by atoms with van der Waals surface area (Å²) in [6, 6.07) is 6.79. The Labute approximate surface area is 157 Å². The van der Waals surface area contributed by atoms with Crippen molar-refractivity contribution in [2.24, 2.45) is 5.92 Å². The Balaban J connectivity index is 1.56. The third-order valence-corrected chi connectivity index (χ3v) is 5.17. The molecule has 1 fully saturated rings. The summed E-state index contributed by atoms with van der Waals surface area (Å²) in [7, 11) is 0. The van der Waals surface area contributed by atoms with Gasteiger partial charge in [-0.15, -0.1) is 11.3 Å². The third kappa shape index (κ3) is 5.12. The van der Waals surface area contributed by atoms with E-state index in [1.807, 2.05) is 5.38 Å². The molecule has 0 saturated carbocycles. The molecule has 26 heavy (non-hydrogen) atoms. The summed E-state index contributed by atoms with van der Waals surface area (Å²) in [4.78, 5) is 30.3. The van der Waals surface area contributed by atoms with Crippen LogP contribution in [0.2, 0.25) is 0 Å². The van der Waals surface area contributed by atoms with Crippen LogP contribution in [0.5, 0.6) is 0 Å². The molecule has 1 aromatic carbocycles. The lowest BCUT2D eigenvalue weighted by Gasteiger charge is -2.30. The van der Waals surface area contributed by atoms with Crippen LogP contribution in [0.25, 0.3) is 0 Å². The Kier molecular flexibility index (Phi) is 6.00. The van der Waals surface area contributed by atoms with Gasteiger partial charge in [0, 0.05) is 36.6 Å². The molecule has 1 aliphatic heterocycles. The number of hydrogen-bond donors (Lipinski definition) is 2. The number of carbonyl (C=O) groups excluding carboxylic acids is 2. The lowest BCUT2D eigenvalue weighted by molar-refractivity contribution is -0.114. The van der Waals surface area contributed by atoms with Gasteiger partial charge in [-0.3, -0.25) is 19.8 Å². The molecule has 1 aromatic heterocycles. The summed E-state index contributed by atoms with van der Waals surface area (Å²) < 4.78 is 0. The first-order chi connectivity index (χ1) is 12.5. The van der Waals surface area contributed by atoms with Crippen molar-refractivity contribution in [2.45, 2.75) is 33.2 Å². The molecule has 6 nitrogen and oxygen atoms in total. The van der Waals surface area contributed by atoms with Crippen LogP contribution < -0.4 is 10.6 Å². The van der Waals surface area contributed by atoms with Gasteiger partial charge in [0.2, 0.25) is 5.91 Å². The minimum atomic E-state index is -0.202. The van der Waals surface area contributed by atoms with Crippen LogP contribution in [0.3, 0.4) is 0 Å². The molecule has 1 atom stereocenters. The van der Waals surface area contributed by atoms with Gasteiger partial charge in [-0.1, -0.05) is 6.92 Å². The molecule has 3 rings (SSSR count). The second-order valence-corrected chi connectivity index (χ2v) is 7.70. The third-order valence-electron chi connectivity index (χ3n) is 4.37. The average molecular weight is 372 g/mol. The van der Waals surface area contributed by atoms with Gasteiger partial charge in [0.25, 0.3) is 5.91 Å². The standard InChI is InChI=1S/C19H24N4O2S/c1-13-4-3-9-23(10-13)11-17-12-26-19(21-17)22-18(25)15-5-7-16(8-6-15)20-14(2)24/h5-8,12-13H,3-4,9-11H2,1-2H3,(H,20,24)(H,21,22,25)/t13-/m1/s1. The van der Waals surface area contributed by atoms with Crippen molar-refractivity contribution < 1.29 is 9.59 Å². The summed E-state index contributed by atoms with van der Waals surface area (Å²) in [5, 5.41) is 8.15. The molecule has 0 unspecified atom stereocenters. The van der Waals surface area contributed by atoms with E-state index in [1.165, 1.54) is 31.1 Å². The fraction of sp³-hybridized carbons (Fsp3) is 0.421. The number of thiazole rings is 1. The number of aromatic nitrogens is 1.